The Morgan fingerprint density at radius 1 is 1.10 bits per heavy atom. The third-order valence-electron chi connectivity index (χ3n) is 5.83. The molecule has 4 bridgehead atoms. The maximum atomic E-state index is 12.7. The molecule has 4 saturated carbocycles. The molecule has 0 radical (unpaired) electrons. The largest absolute Gasteiger partial charge is 0.464 e. The zero-order valence-corrected chi connectivity index (χ0v) is 13.5. The maximum Gasteiger partial charge on any atom is 0.312 e. The number of hydrogen-bond donors (Lipinski definition) is 0. The van der Waals surface area contributed by atoms with Crippen LogP contribution in [0.25, 0.3) is 0 Å². The fourth-order valence-electron chi connectivity index (χ4n) is 6.15. The van der Waals surface area contributed by atoms with Gasteiger partial charge in [0, 0.05) is 6.54 Å². The van der Waals surface area contributed by atoms with E-state index in [1.165, 1.54) is 19.3 Å². The SMILES string of the molecule is CN(C)CCOC(=O)C12CC3CC(C)(CC(C)(C3)C1)C2. The molecule has 0 N–H and O–H groups in total. The van der Waals surface area contributed by atoms with Crippen LogP contribution in [0.3, 0.4) is 0 Å². The van der Waals surface area contributed by atoms with E-state index in [4.69, 9.17) is 4.74 Å². The summed E-state index contributed by atoms with van der Waals surface area (Å²) in [6.45, 7) is 6.15. The summed E-state index contributed by atoms with van der Waals surface area (Å²) in [5.74, 6) is 0.851. The minimum absolute atomic E-state index is 0.0981. The summed E-state index contributed by atoms with van der Waals surface area (Å²) in [4.78, 5) is 14.8. The van der Waals surface area contributed by atoms with Crippen LogP contribution in [0.4, 0.5) is 0 Å². The third kappa shape index (κ3) is 2.38. The maximum absolute atomic E-state index is 12.7. The Balaban J connectivity index is 1.73. The van der Waals surface area contributed by atoms with Crippen LogP contribution in [0.1, 0.15) is 52.4 Å². The fraction of sp³-hybridized carbons (Fsp3) is 0.941. The molecule has 0 aromatic carbocycles. The summed E-state index contributed by atoms with van der Waals surface area (Å²) < 4.78 is 5.65. The van der Waals surface area contributed by atoms with Gasteiger partial charge in [-0.25, -0.2) is 0 Å². The Morgan fingerprint density at radius 3 is 2.20 bits per heavy atom. The van der Waals surface area contributed by atoms with Crippen molar-refractivity contribution in [2.24, 2.45) is 22.2 Å². The second-order valence-electron chi connectivity index (χ2n) is 8.85. The van der Waals surface area contributed by atoms with Gasteiger partial charge in [-0.3, -0.25) is 4.79 Å². The highest BCUT2D eigenvalue weighted by Gasteiger charge is 2.63. The van der Waals surface area contributed by atoms with Gasteiger partial charge >= 0.3 is 5.97 Å². The minimum Gasteiger partial charge on any atom is -0.464 e. The Bertz CT molecular complexity index is 399. The Morgan fingerprint density at radius 2 is 1.70 bits per heavy atom. The van der Waals surface area contributed by atoms with E-state index in [-0.39, 0.29) is 11.4 Å². The zero-order valence-electron chi connectivity index (χ0n) is 13.5. The van der Waals surface area contributed by atoms with Crippen LogP contribution in [0.2, 0.25) is 0 Å². The highest BCUT2D eigenvalue weighted by Crippen LogP contribution is 2.69. The molecule has 4 aliphatic carbocycles. The first-order valence-electron chi connectivity index (χ1n) is 8.06. The van der Waals surface area contributed by atoms with E-state index in [1.54, 1.807) is 0 Å². The van der Waals surface area contributed by atoms with Gasteiger partial charge in [-0.05, 0) is 69.4 Å². The van der Waals surface area contributed by atoms with Gasteiger partial charge in [0.15, 0.2) is 0 Å². The minimum atomic E-state index is -0.158. The summed E-state index contributed by atoms with van der Waals surface area (Å²) in [5, 5.41) is 0. The van der Waals surface area contributed by atoms with Crippen molar-refractivity contribution < 1.29 is 9.53 Å². The number of likely N-dealkylation sites (N-methyl/N-ethyl adjacent to an activating group) is 1. The molecule has 4 fully saturated rings. The van der Waals surface area contributed by atoms with Gasteiger partial charge in [0.2, 0.25) is 0 Å². The summed E-state index contributed by atoms with van der Waals surface area (Å²) in [6, 6.07) is 0. The topological polar surface area (TPSA) is 29.5 Å². The summed E-state index contributed by atoms with van der Waals surface area (Å²) in [6.07, 6.45) is 7.17. The monoisotopic (exact) mass is 279 g/mol. The molecule has 0 aromatic heterocycles. The smallest absolute Gasteiger partial charge is 0.312 e. The highest BCUT2D eigenvalue weighted by molar-refractivity contribution is 5.77. The molecule has 2 unspecified atom stereocenters. The summed E-state index contributed by atoms with van der Waals surface area (Å²) in [7, 11) is 4.03. The van der Waals surface area contributed by atoms with E-state index in [0.29, 0.717) is 17.4 Å². The molecule has 3 heteroatoms. The van der Waals surface area contributed by atoms with Crippen LogP contribution in [0.5, 0.6) is 0 Å². The molecule has 0 amide bonds. The Labute approximate surface area is 123 Å². The molecule has 0 aliphatic heterocycles. The standard InChI is InChI=1S/C17H29NO2/c1-15-7-13-8-16(2,10-15)12-17(9-13,11-15)14(19)20-6-5-18(3)4/h13H,5-12H2,1-4H3. The predicted molar refractivity (Wildman–Crippen MR) is 79.4 cm³/mol. The van der Waals surface area contributed by atoms with Gasteiger partial charge in [-0.15, -0.1) is 0 Å². The molecule has 114 valence electrons. The summed E-state index contributed by atoms with van der Waals surface area (Å²) in [5.41, 5.74) is 0.610. The molecule has 20 heavy (non-hydrogen) atoms. The van der Waals surface area contributed by atoms with Gasteiger partial charge in [0.1, 0.15) is 6.61 Å². The quantitative estimate of drug-likeness (QED) is 0.741. The van der Waals surface area contributed by atoms with E-state index in [9.17, 15) is 4.79 Å². The molecule has 0 spiro atoms. The molecule has 0 saturated heterocycles. The number of ether oxygens (including phenoxy) is 1. The molecule has 4 aliphatic rings. The Hall–Kier alpha value is -0.570. The van der Waals surface area contributed by atoms with Crippen molar-refractivity contribution in [3.63, 3.8) is 0 Å². The highest BCUT2D eigenvalue weighted by atomic mass is 16.5. The van der Waals surface area contributed by atoms with Crippen molar-refractivity contribution in [2.45, 2.75) is 52.4 Å². The van der Waals surface area contributed by atoms with Crippen molar-refractivity contribution in [3.05, 3.63) is 0 Å². The average Bonchev–Trinajstić information content (AvgIpc) is 2.22. The normalized spacial score (nSPS) is 46.0. The van der Waals surface area contributed by atoms with Gasteiger partial charge in [-0.2, -0.15) is 0 Å². The third-order valence-corrected chi connectivity index (χ3v) is 5.83. The molecule has 4 rings (SSSR count). The van der Waals surface area contributed by atoms with Gasteiger partial charge < -0.3 is 9.64 Å². The molecule has 2 atom stereocenters. The van der Waals surface area contributed by atoms with Crippen molar-refractivity contribution in [2.75, 3.05) is 27.2 Å². The van der Waals surface area contributed by atoms with E-state index in [0.717, 1.165) is 31.7 Å². The number of nitrogens with zero attached hydrogens (tertiary/aromatic N) is 1. The van der Waals surface area contributed by atoms with Crippen LogP contribution < -0.4 is 0 Å². The number of carbonyl (C=O) groups is 1. The molecule has 3 nitrogen and oxygen atoms in total. The van der Waals surface area contributed by atoms with Gasteiger partial charge in [0.05, 0.1) is 5.41 Å². The summed E-state index contributed by atoms with van der Waals surface area (Å²) >= 11 is 0. The lowest BCUT2D eigenvalue weighted by atomic mass is 9.40. The number of rotatable bonds is 4. The lowest BCUT2D eigenvalue weighted by Crippen LogP contribution is -2.58. The first-order valence-corrected chi connectivity index (χ1v) is 8.06. The van der Waals surface area contributed by atoms with Crippen LogP contribution in [0, 0.1) is 22.2 Å². The van der Waals surface area contributed by atoms with Crippen molar-refractivity contribution in [3.8, 4) is 0 Å². The Kier molecular flexibility index (Phi) is 3.20. The van der Waals surface area contributed by atoms with Crippen LogP contribution in [-0.2, 0) is 9.53 Å². The van der Waals surface area contributed by atoms with Gasteiger partial charge in [0.25, 0.3) is 0 Å². The molecule has 0 aromatic rings. The van der Waals surface area contributed by atoms with Crippen molar-refractivity contribution in [1.82, 2.24) is 4.90 Å². The van der Waals surface area contributed by atoms with Crippen LogP contribution in [-0.4, -0.2) is 38.1 Å². The second-order valence-corrected chi connectivity index (χ2v) is 8.85. The number of hydrogen-bond acceptors (Lipinski definition) is 3. The van der Waals surface area contributed by atoms with E-state index >= 15 is 0 Å². The van der Waals surface area contributed by atoms with Crippen LogP contribution >= 0.6 is 0 Å². The van der Waals surface area contributed by atoms with Crippen LogP contribution in [0.15, 0.2) is 0 Å². The fourth-order valence-corrected chi connectivity index (χ4v) is 6.15. The number of esters is 1. The zero-order chi connectivity index (χ0) is 14.6. The lowest BCUT2D eigenvalue weighted by Gasteiger charge is -2.64. The van der Waals surface area contributed by atoms with Crippen molar-refractivity contribution >= 4 is 5.97 Å². The molecular formula is C17H29NO2. The first kappa shape index (κ1) is 14.4. The van der Waals surface area contributed by atoms with Gasteiger partial charge in [-0.1, -0.05) is 13.8 Å². The predicted octanol–water partition coefficient (Wildman–Crippen LogP) is 3.09. The average molecular weight is 279 g/mol. The lowest BCUT2D eigenvalue weighted by molar-refractivity contribution is -0.191. The number of carbonyl (C=O) groups excluding carboxylic acids is 1. The first-order chi connectivity index (χ1) is 9.24. The molecule has 0 heterocycles. The second kappa shape index (κ2) is 4.46. The van der Waals surface area contributed by atoms with Crippen molar-refractivity contribution in [1.29, 1.82) is 0 Å². The van der Waals surface area contributed by atoms with E-state index in [2.05, 4.69) is 18.7 Å². The van der Waals surface area contributed by atoms with E-state index < -0.39 is 0 Å². The molecular weight excluding hydrogens is 250 g/mol. The van der Waals surface area contributed by atoms with E-state index in [1.807, 2.05) is 14.1 Å².